The van der Waals surface area contributed by atoms with E-state index in [2.05, 4.69) is 47.0 Å². The van der Waals surface area contributed by atoms with Crippen LogP contribution in [-0.4, -0.2) is 57.6 Å². The van der Waals surface area contributed by atoms with Gasteiger partial charge in [0, 0.05) is 51.0 Å². The van der Waals surface area contributed by atoms with Crippen LogP contribution < -0.4 is 5.73 Å². The molecule has 1 aromatic rings. The van der Waals surface area contributed by atoms with E-state index in [9.17, 15) is 0 Å². The van der Waals surface area contributed by atoms with Gasteiger partial charge in [-0.2, -0.15) is 0 Å². The first-order chi connectivity index (χ1) is 9.47. The molecule has 20 heavy (non-hydrogen) atoms. The topological polar surface area (TPSA) is 50.3 Å². The van der Waals surface area contributed by atoms with E-state index in [1.807, 2.05) is 12.5 Å². The van der Waals surface area contributed by atoms with Crippen molar-refractivity contribution in [2.45, 2.75) is 45.8 Å². The van der Waals surface area contributed by atoms with E-state index in [-0.39, 0.29) is 5.54 Å². The Morgan fingerprint density at radius 3 is 2.40 bits per heavy atom. The van der Waals surface area contributed by atoms with Gasteiger partial charge >= 0.3 is 0 Å². The van der Waals surface area contributed by atoms with Crippen LogP contribution in [0.3, 0.4) is 0 Å². The summed E-state index contributed by atoms with van der Waals surface area (Å²) in [5.41, 5.74) is 7.55. The molecule has 0 aliphatic carbocycles. The van der Waals surface area contributed by atoms with Crippen molar-refractivity contribution in [3.05, 3.63) is 18.2 Å². The van der Waals surface area contributed by atoms with Gasteiger partial charge in [0.1, 0.15) is 0 Å². The highest BCUT2D eigenvalue weighted by atomic mass is 15.3. The van der Waals surface area contributed by atoms with Gasteiger partial charge in [-0.3, -0.25) is 9.80 Å². The Hall–Kier alpha value is -0.910. The molecule has 0 bridgehead atoms. The third-order valence-corrected chi connectivity index (χ3v) is 4.35. The number of nitrogens with two attached hydrogens (primary N) is 1. The van der Waals surface area contributed by atoms with Crippen molar-refractivity contribution in [1.82, 2.24) is 19.4 Å². The zero-order chi connectivity index (χ0) is 14.8. The molecule has 1 unspecified atom stereocenters. The summed E-state index contributed by atoms with van der Waals surface area (Å²) in [7, 11) is 0. The molecule has 2 heterocycles. The van der Waals surface area contributed by atoms with Crippen LogP contribution in [0, 0.1) is 0 Å². The lowest BCUT2D eigenvalue weighted by atomic mass is 10.0. The summed E-state index contributed by atoms with van der Waals surface area (Å²) in [6.45, 7) is 15.0. The average molecular weight is 279 g/mol. The quantitative estimate of drug-likeness (QED) is 0.903. The number of aromatic nitrogens is 2. The second-order valence-electron chi connectivity index (χ2n) is 6.55. The number of imidazole rings is 1. The molecule has 1 aliphatic heterocycles. The zero-order valence-corrected chi connectivity index (χ0v) is 13.3. The largest absolute Gasteiger partial charge is 0.333 e. The maximum Gasteiger partial charge on any atom is 0.0948 e. The molecule has 0 aromatic carbocycles. The van der Waals surface area contributed by atoms with Gasteiger partial charge in [-0.15, -0.1) is 0 Å². The molecule has 1 aliphatic rings. The molecule has 1 saturated heterocycles. The first-order valence-corrected chi connectivity index (χ1v) is 7.66. The van der Waals surface area contributed by atoms with Gasteiger partial charge in [-0.1, -0.05) is 0 Å². The number of aryl methyl sites for hydroxylation is 1. The van der Waals surface area contributed by atoms with Gasteiger partial charge in [-0.25, -0.2) is 4.98 Å². The molecule has 1 fully saturated rings. The minimum atomic E-state index is 0.259. The minimum absolute atomic E-state index is 0.259. The molecule has 2 N–H and O–H groups in total. The number of hydrogen-bond donors (Lipinski definition) is 1. The summed E-state index contributed by atoms with van der Waals surface area (Å²) in [6.07, 6.45) is 3.88. The Morgan fingerprint density at radius 1 is 1.25 bits per heavy atom. The van der Waals surface area contributed by atoms with Crippen molar-refractivity contribution in [3.8, 4) is 0 Å². The van der Waals surface area contributed by atoms with Crippen LogP contribution >= 0.6 is 0 Å². The fourth-order valence-electron chi connectivity index (χ4n) is 3.03. The van der Waals surface area contributed by atoms with Crippen molar-refractivity contribution in [2.24, 2.45) is 5.73 Å². The second kappa shape index (κ2) is 6.24. The summed E-state index contributed by atoms with van der Waals surface area (Å²) in [4.78, 5) is 9.34. The van der Waals surface area contributed by atoms with Crippen LogP contribution in [-0.2, 0) is 6.54 Å². The number of piperazine rings is 1. The molecule has 5 heteroatoms. The molecule has 0 radical (unpaired) electrons. The van der Waals surface area contributed by atoms with Crippen molar-refractivity contribution in [1.29, 1.82) is 0 Å². The first kappa shape index (κ1) is 15.5. The molecule has 0 amide bonds. The molecule has 0 saturated carbocycles. The van der Waals surface area contributed by atoms with Crippen LogP contribution in [0.15, 0.2) is 12.5 Å². The summed E-state index contributed by atoms with van der Waals surface area (Å²) >= 11 is 0. The van der Waals surface area contributed by atoms with Crippen molar-refractivity contribution < 1.29 is 0 Å². The van der Waals surface area contributed by atoms with Gasteiger partial charge in [0.25, 0.3) is 0 Å². The summed E-state index contributed by atoms with van der Waals surface area (Å²) in [6, 6.07) is 0.291. The Morgan fingerprint density at radius 2 is 1.90 bits per heavy atom. The molecular weight excluding hydrogens is 250 g/mol. The third-order valence-electron chi connectivity index (χ3n) is 4.35. The van der Waals surface area contributed by atoms with Gasteiger partial charge in [0.15, 0.2) is 0 Å². The Bertz CT molecular complexity index is 412. The van der Waals surface area contributed by atoms with Crippen LogP contribution in [0.25, 0.3) is 0 Å². The molecule has 5 nitrogen and oxygen atoms in total. The minimum Gasteiger partial charge on any atom is -0.333 e. The molecule has 0 spiro atoms. The normalized spacial score (nSPS) is 20.2. The van der Waals surface area contributed by atoms with Crippen molar-refractivity contribution in [2.75, 3.05) is 32.7 Å². The monoisotopic (exact) mass is 279 g/mol. The van der Waals surface area contributed by atoms with Crippen LogP contribution in [0.2, 0.25) is 0 Å². The molecule has 1 atom stereocenters. The lowest BCUT2D eigenvalue weighted by Crippen LogP contribution is -2.54. The lowest BCUT2D eigenvalue weighted by Gasteiger charge is -2.44. The highest BCUT2D eigenvalue weighted by molar-refractivity contribution is 5.07. The van der Waals surface area contributed by atoms with Crippen molar-refractivity contribution >= 4 is 0 Å². The van der Waals surface area contributed by atoms with E-state index in [1.54, 1.807) is 0 Å². The predicted octanol–water partition coefficient (Wildman–Crippen LogP) is 1.32. The second-order valence-corrected chi connectivity index (χ2v) is 6.55. The van der Waals surface area contributed by atoms with E-state index < -0.39 is 0 Å². The fraction of sp³-hybridized carbons (Fsp3) is 0.800. The van der Waals surface area contributed by atoms with Gasteiger partial charge in [0.2, 0.25) is 0 Å². The van der Waals surface area contributed by atoms with E-state index >= 15 is 0 Å². The van der Waals surface area contributed by atoms with Gasteiger partial charge in [-0.05, 0) is 27.7 Å². The summed E-state index contributed by atoms with van der Waals surface area (Å²) in [5.74, 6) is 0. The highest BCUT2D eigenvalue weighted by Crippen LogP contribution is 2.23. The fourth-order valence-corrected chi connectivity index (χ4v) is 3.03. The predicted molar refractivity (Wildman–Crippen MR) is 82.6 cm³/mol. The Balaban J connectivity index is 2.04. The standard InChI is InChI=1S/C15H29N5/c1-5-18-12-17-11-14(18)13(10-16)19-6-8-20(9-7-19)15(2,3)4/h11-13H,5-10,16H2,1-4H3. The van der Waals surface area contributed by atoms with E-state index in [1.165, 1.54) is 5.69 Å². The maximum atomic E-state index is 6.04. The highest BCUT2D eigenvalue weighted by Gasteiger charge is 2.30. The van der Waals surface area contributed by atoms with Crippen LogP contribution in [0.1, 0.15) is 39.4 Å². The number of rotatable bonds is 4. The van der Waals surface area contributed by atoms with E-state index in [4.69, 9.17) is 5.73 Å². The van der Waals surface area contributed by atoms with E-state index in [0.717, 1.165) is 32.7 Å². The van der Waals surface area contributed by atoms with Gasteiger partial charge in [0.05, 0.1) is 18.1 Å². The Kier molecular flexibility index (Phi) is 4.83. The summed E-state index contributed by atoms with van der Waals surface area (Å²) < 4.78 is 2.20. The Labute approximate surface area is 122 Å². The summed E-state index contributed by atoms with van der Waals surface area (Å²) in [5, 5.41) is 0. The average Bonchev–Trinajstić information content (AvgIpc) is 2.87. The molecule has 114 valence electrons. The maximum absolute atomic E-state index is 6.04. The zero-order valence-electron chi connectivity index (χ0n) is 13.3. The molecular formula is C15H29N5. The van der Waals surface area contributed by atoms with E-state index in [0.29, 0.717) is 12.6 Å². The molecule has 2 rings (SSSR count). The van der Waals surface area contributed by atoms with Crippen LogP contribution in [0.4, 0.5) is 0 Å². The van der Waals surface area contributed by atoms with Gasteiger partial charge < -0.3 is 10.3 Å². The SMILES string of the molecule is CCn1cncc1C(CN)N1CCN(C(C)(C)C)CC1. The smallest absolute Gasteiger partial charge is 0.0948 e. The van der Waals surface area contributed by atoms with Crippen LogP contribution in [0.5, 0.6) is 0 Å². The number of hydrogen-bond acceptors (Lipinski definition) is 4. The number of nitrogens with zero attached hydrogens (tertiary/aromatic N) is 4. The lowest BCUT2D eigenvalue weighted by molar-refractivity contribution is 0.0418. The van der Waals surface area contributed by atoms with Crippen molar-refractivity contribution in [3.63, 3.8) is 0 Å². The first-order valence-electron chi connectivity index (χ1n) is 7.66. The molecule has 1 aromatic heterocycles. The third kappa shape index (κ3) is 3.22.